The van der Waals surface area contributed by atoms with E-state index in [-0.39, 0.29) is 18.0 Å². The van der Waals surface area contributed by atoms with Gasteiger partial charge in [0.1, 0.15) is 6.54 Å². The number of fused-ring (bicyclic) bond motifs is 1. The number of carbonyl (C=O) groups is 1. The molecule has 0 radical (unpaired) electrons. The number of halogens is 3. The van der Waals surface area contributed by atoms with Gasteiger partial charge in [-0.3, -0.25) is 9.48 Å². The molecule has 0 spiro atoms. The Labute approximate surface area is 163 Å². The normalized spacial score (nSPS) is 34.2. The first-order valence-corrected chi connectivity index (χ1v) is 10.8. The van der Waals surface area contributed by atoms with Crippen LogP contribution in [0.3, 0.4) is 0 Å². The van der Waals surface area contributed by atoms with E-state index in [1.165, 1.54) is 23.9 Å². The van der Waals surface area contributed by atoms with Crippen molar-refractivity contribution in [3.63, 3.8) is 0 Å². The molecular formula is C21H28F3N3O. The van der Waals surface area contributed by atoms with Gasteiger partial charge < -0.3 is 5.32 Å². The van der Waals surface area contributed by atoms with Crippen LogP contribution < -0.4 is 5.32 Å². The first-order chi connectivity index (χ1) is 13.3. The van der Waals surface area contributed by atoms with Crippen LogP contribution in [0.2, 0.25) is 0 Å². The quantitative estimate of drug-likeness (QED) is 0.778. The summed E-state index contributed by atoms with van der Waals surface area (Å²) in [5.74, 6) is 1.96. The summed E-state index contributed by atoms with van der Waals surface area (Å²) in [6.45, 7) is -0.0971. The van der Waals surface area contributed by atoms with Gasteiger partial charge in [0.15, 0.2) is 5.69 Å². The van der Waals surface area contributed by atoms with Crippen molar-refractivity contribution in [1.82, 2.24) is 15.1 Å². The molecule has 28 heavy (non-hydrogen) atoms. The zero-order valence-electron chi connectivity index (χ0n) is 16.2. The summed E-state index contributed by atoms with van der Waals surface area (Å²) < 4.78 is 41.8. The fraction of sp³-hybridized carbons (Fsp3) is 0.810. The SMILES string of the molecule is O=C(Cn1nc(C(F)(F)F)c2c1CCCCC2)NC12CC3CC(CC(C3)C1)C2. The smallest absolute Gasteiger partial charge is 0.349 e. The third-order valence-electron chi connectivity index (χ3n) is 7.51. The van der Waals surface area contributed by atoms with Gasteiger partial charge in [0.2, 0.25) is 5.91 Å². The Morgan fingerprint density at radius 3 is 2.25 bits per heavy atom. The minimum Gasteiger partial charge on any atom is -0.349 e. The Kier molecular flexibility index (Phi) is 4.29. The Hall–Kier alpha value is -1.53. The van der Waals surface area contributed by atoms with Crippen molar-refractivity contribution in [2.45, 2.75) is 88.9 Å². The predicted octanol–water partition coefficient (Wildman–Crippen LogP) is 4.26. The fourth-order valence-electron chi connectivity index (χ4n) is 6.94. The third kappa shape index (κ3) is 3.24. The summed E-state index contributed by atoms with van der Waals surface area (Å²) in [4.78, 5) is 12.9. The van der Waals surface area contributed by atoms with Gasteiger partial charge >= 0.3 is 6.18 Å². The number of aromatic nitrogens is 2. The van der Waals surface area contributed by atoms with Crippen LogP contribution in [0.25, 0.3) is 0 Å². The standard InChI is InChI=1S/C21H28F3N3O/c22-21(23,24)19-16-4-2-1-3-5-17(16)27(26-19)12-18(28)25-20-9-13-6-14(10-20)8-15(7-13)11-20/h13-15H,1-12H2,(H,25,28). The Morgan fingerprint density at radius 1 is 1.04 bits per heavy atom. The van der Waals surface area contributed by atoms with Crippen molar-refractivity contribution in [1.29, 1.82) is 0 Å². The zero-order chi connectivity index (χ0) is 19.5. The number of nitrogens with one attached hydrogen (secondary N) is 1. The molecule has 0 aliphatic heterocycles. The van der Waals surface area contributed by atoms with E-state index in [1.807, 2.05) is 0 Å². The number of alkyl halides is 3. The minimum atomic E-state index is -4.46. The van der Waals surface area contributed by atoms with E-state index in [1.54, 1.807) is 0 Å². The Morgan fingerprint density at radius 2 is 1.64 bits per heavy atom. The van der Waals surface area contributed by atoms with Crippen molar-refractivity contribution in [2.24, 2.45) is 17.8 Å². The summed E-state index contributed by atoms with van der Waals surface area (Å²) in [5, 5.41) is 7.13. The molecule has 0 atom stereocenters. The van der Waals surface area contributed by atoms with E-state index < -0.39 is 11.9 Å². The summed E-state index contributed by atoms with van der Waals surface area (Å²) in [7, 11) is 0. The van der Waals surface area contributed by atoms with E-state index in [0.717, 1.165) is 38.5 Å². The van der Waals surface area contributed by atoms with Gasteiger partial charge in [-0.05, 0) is 82.0 Å². The van der Waals surface area contributed by atoms with Gasteiger partial charge in [0.05, 0.1) is 0 Å². The van der Waals surface area contributed by atoms with E-state index in [9.17, 15) is 18.0 Å². The van der Waals surface area contributed by atoms with Crippen molar-refractivity contribution in [2.75, 3.05) is 0 Å². The maximum absolute atomic E-state index is 13.5. The predicted molar refractivity (Wildman–Crippen MR) is 97.5 cm³/mol. The van der Waals surface area contributed by atoms with Gasteiger partial charge in [-0.2, -0.15) is 18.3 Å². The highest BCUT2D eigenvalue weighted by Gasteiger charge is 2.51. The molecular weight excluding hydrogens is 367 g/mol. The summed E-state index contributed by atoms with van der Waals surface area (Å²) >= 11 is 0. The molecule has 1 N–H and O–H groups in total. The molecule has 6 rings (SSSR count). The molecule has 1 heterocycles. The molecule has 4 nitrogen and oxygen atoms in total. The lowest BCUT2D eigenvalue weighted by atomic mass is 9.53. The summed E-state index contributed by atoms with van der Waals surface area (Å²) in [6.07, 6.45) is 6.02. The molecule has 4 fully saturated rings. The monoisotopic (exact) mass is 395 g/mol. The minimum absolute atomic E-state index is 0.0971. The first kappa shape index (κ1) is 18.5. The highest BCUT2D eigenvalue weighted by molar-refractivity contribution is 5.76. The molecule has 1 aromatic heterocycles. The van der Waals surface area contributed by atoms with Crippen molar-refractivity contribution in [3.05, 3.63) is 17.0 Å². The highest BCUT2D eigenvalue weighted by Crippen LogP contribution is 2.55. The molecule has 154 valence electrons. The van der Waals surface area contributed by atoms with E-state index >= 15 is 0 Å². The lowest BCUT2D eigenvalue weighted by Crippen LogP contribution is -2.60. The zero-order valence-corrected chi connectivity index (χ0v) is 16.2. The molecule has 0 saturated heterocycles. The molecule has 4 saturated carbocycles. The molecule has 1 amide bonds. The third-order valence-corrected chi connectivity index (χ3v) is 7.51. The second-order valence-corrected chi connectivity index (χ2v) is 9.74. The number of carbonyl (C=O) groups excluding carboxylic acids is 1. The van der Waals surface area contributed by atoms with Gasteiger partial charge in [-0.1, -0.05) is 6.42 Å². The van der Waals surface area contributed by atoms with Gasteiger partial charge in [-0.25, -0.2) is 0 Å². The average molecular weight is 395 g/mol. The molecule has 0 aromatic carbocycles. The van der Waals surface area contributed by atoms with Crippen LogP contribution in [-0.2, 0) is 30.4 Å². The van der Waals surface area contributed by atoms with Gasteiger partial charge in [0, 0.05) is 16.8 Å². The van der Waals surface area contributed by atoms with Crippen LogP contribution in [0.5, 0.6) is 0 Å². The van der Waals surface area contributed by atoms with E-state index in [2.05, 4.69) is 10.4 Å². The maximum Gasteiger partial charge on any atom is 0.435 e. The molecule has 5 aliphatic carbocycles. The second kappa shape index (κ2) is 6.49. The van der Waals surface area contributed by atoms with Crippen LogP contribution >= 0.6 is 0 Å². The van der Waals surface area contributed by atoms with Crippen molar-refractivity contribution in [3.8, 4) is 0 Å². The molecule has 7 heteroatoms. The number of hydrogen-bond acceptors (Lipinski definition) is 2. The molecule has 1 aromatic rings. The first-order valence-electron chi connectivity index (χ1n) is 10.8. The number of rotatable bonds is 3. The van der Waals surface area contributed by atoms with Crippen molar-refractivity contribution < 1.29 is 18.0 Å². The van der Waals surface area contributed by atoms with Crippen LogP contribution in [-0.4, -0.2) is 21.2 Å². The van der Waals surface area contributed by atoms with Gasteiger partial charge in [0.25, 0.3) is 0 Å². The average Bonchev–Trinajstić information content (AvgIpc) is 2.76. The van der Waals surface area contributed by atoms with Crippen molar-refractivity contribution >= 4 is 5.91 Å². The molecule has 0 unspecified atom stereocenters. The Balaban J connectivity index is 1.36. The highest BCUT2D eigenvalue weighted by atomic mass is 19.4. The number of nitrogens with zero attached hydrogens (tertiary/aromatic N) is 2. The maximum atomic E-state index is 13.5. The largest absolute Gasteiger partial charge is 0.435 e. The molecule has 4 bridgehead atoms. The van der Waals surface area contributed by atoms with Crippen LogP contribution in [0.1, 0.15) is 74.7 Å². The van der Waals surface area contributed by atoms with E-state index in [4.69, 9.17) is 0 Å². The summed E-state index contributed by atoms with van der Waals surface area (Å²) in [6, 6.07) is 0. The Bertz CT molecular complexity index is 747. The van der Waals surface area contributed by atoms with Crippen LogP contribution in [0.15, 0.2) is 0 Å². The lowest BCUT2D eigenvalue weighted by Gasteiger charge is -2.56. The van der Waals surface area contributed by atoms with Gasteiger partial charge in [-0.15, -0.1) is 0 Å². The van der Waals surface area contributed by atoms with Crippen LogP contribution in [0, 0.1) is 17.8 Å². The van der Waals surface area contributed by atoms with Crippen LogP contribution in [0.4, 0.5) is 13.2 Å². The molecule has 5 aliphatic rings. The number of hydrogen-bond donors (Lipinski definition) is 1. The fourth-order valence-corrected chi connectivity index (χ4v) is 6.94. The second-order valence-electron chi connectivity index (χ2n) is 9.74. The number of amides is 1. The summed E-state index contributed by atoms with van der Waals surface area (Å²) in [5.41, 5.74) is 0.0214. The lowest BCUT2D eigenvalue weighted by molar-refractivity contribution is -0.142. The van der Waals surface area contributed by atoms with E-state index in [0.29, 0.717) is 41.9 Å². The topological polar surface area (TPSA) is 46.9 Å².